The van der Waals surface area contributed by atoms with Gasteiger partial charge in [0.2, 0.25) is 0 Å². The molecule has 0 aliphatic heterocycles. The first-order valence-corrected chi connectivity index (χ1v) is 31.3. The molecule has 8 aromatic carbocycles. The van der Waals surface area contributed by atoms with Crippen LogP contribution in [-0.4, -0.2) is 0 Å². The molecule has 432 valence electrons. The summed E-state index contributed by atoms with van der Waals surface area (Å²) < 4.78 is 0. The normalized spacial score (nSPS) is 16.1. The number of rotatable bonds is 4. The molecule has 0 fully saturated rings. The fraction of sp³-hybridized carbons (Fsp3) is 0.357. The molecule has 84 heavy (non-hydrogen) atoms. The maximum atomic E-state index is 2.58. The van der Waals surface area contributed by atoms with Crippen molar-refractivity contribution in [3.8, 4) is 22.3 Å². The Labute approximate surface area is 507 Å². The zero-order chi connectivity index (χ0) is 60.6. The fourth-order valence-corrected chi connectivity index (χ4v) is 13.1. The third-order valence-corrected chi connectivity index (χ3v) is 18.6. The van der Waals surface area contributed by atoms with E-state index in [-0.39, 0.29) is 44.3 Å². The van der Waals surface area contributed by atoms with Crippen molar-refractivity contribution in [2.45, 2.75) is 185 Å². The van der Waals surface area contributed by atoms with Gasteiger partial charge in [-0.2, -0.15) is 0 Å². The van der Waals surface area contributed by atoms with E-state index in [0.717, 1.165) is 12.8 Å². The number of benzene rings is 8. The predicted octanol–water partition coefficient (Wildman–Crippen LogP) is 24.0. The average Bonchev–Trinajstić information content (AvgIpc) is 2.12. The van der Waals surface area contributed by atoms with E-state index >= 15 is 0 Å². The molecule has 1 unspecified atom stereocenters. The molecule has 1 atom stereocenters. The summed E-state index contributed by atoms with van der Waals surface area (Å²) in [5.41, 5.74) is 29.7. The molecule has 0 spiro atoms. The third kappa shape index (κ3) is 12.3. The molecule has 0 N–H and O–H groups in total. The lowest BCUT2D eigenvalue weighted by Crippen LogP contribution is -2.15. The average molecular weight is 1110 g/mol. The van der Waals surface area contributed by atoms with E-state index in [9.17, 15) is 0 Å². The molecule has 4 aliphatic carbocycles. The fourth-order valence-electron chi connectivity index (χ4n) is 13.1. The zero-order valence-corrected chi connectivity index (χ0v) is 54.9. The second-order valence-electron chi connectivity index (χ2n) is 31.2. The van der Waals surface area contributed by atoms with Crippen LogP contribution in [0.1, 0.15) is 212 Å². The van der Waals surface area contributed by atoms with Gasteiger partial charge >= 0.3 is 0 Å². The smallest absolute Gasteiger partial charge is 0.0211 e. The minimum absolute atomic E-state index is 0.0961. The lowest BCUT2D eigenvalue weighted by molar-refractivity contribution is 0.494. The second kappa shape index (κ2) is 22.1. The lowest BCUT2D eigenvalue weighted by atomic mass is 9.73. The molecule has 12 rings (SSSR count). The summed E-state index contributed by atoms with van der Waals surface area (Å²) in [6.07, 6.45) is 11.7. The Hall–Kier alpha value is -7.02. The largest absolute Gasteiger partial charge is 0.0654 e. The van der Waals surface area contributed by atoms with Crippen LogP contribution in [0.2, 0.25) is 0 Å². The van der Waals surface area contributed by atoms with E-state index in [2.05, 4.69) is 321 Å². The van der Waals surface area contributed by atoms with Gasteiger partial charge in [0, 0.05) is 11.8 Å². The van der Waals surface area contributed by atoms with Crippen molar-refractivity contribution in [1.29, 1.82) is 0 Å². The van der Waals surface area contributed by atoms with Crippen LogP contribution in [0.5, 0.6) is 0 Å². The Bertz CT molecular complexity index is 3870. The highest BCUT2D eigenvalue weighted by atomic mass is 14.4. The van der Waals surface area contributed by atoms with E-state index in [0.29, 0.717) is 0 Å². The zero-order valence-electron chi connectivity index (χ0n) is 54.9. The van der Waals surface area contributed by atoms with Crippen molar-refractivity contribution in [3.63, 3.8) is 0 Å². The number of fused-ring (bicyclic) bond motifs is 8. The van der Waals surface area contributed by atoms with Crippen molar-refractivity contribution < 1.29 is 0 Å². The second-order valence-corrected chi connectivity index (χ2v) is 31.2. The minimum Gasteiger partial charge on any atom is -0.0654 e. The summed E-state index contributed by atoms with van der Waals surface area (Å²) in [7, 11) is 0. The molecule has 0 radical (unpaired) electrons. The first-order valence-electron chi connectivity index (χ1n) is 31.3. The first kappa shape index (κ1) is 60.1. The van der Waals surface area contributed by atoms with E-state index in [4.69, 9.17) is 0 Å². The lowest BCUT2D eigenvalue weighted by Gasteiger charge is -2.30. The Morgan fingerprint density at radius 2 is 0.833 bits per heavy atom. The van der Waals surface area contributed by atoms with Crippen molar-refractivity contribution in [2.24, 2.45) is 10.8 Å². The minimum atomic E-state index is 0.0961. The van der Waals surface area contributed by atoms with Gasteiger partial charge in [0.25, 0.3) is 0 Å². The highest BCUT2D eigenvalue weighted by molar-refractivity contribution is 5.92. The van der Waals surface area contributed by atoms with Crippen LogP contribution in [-0.2, 0) is 28.1 Å². The van der Waals surface area contributed by atoms with Crippen molar-refractivity contribution in [3.05, 3.63) is 265 Å². The van der Waals surface area contributed by atoms with Crippen LogP contribution in [0, 0.1) is 10.8 Å². The first-order chi connectivity index (χ1) is 39.3. The molecular weight excluding hydrogens is 1010 g/mol. The van der Waals surface area contributed by atoms with Crippen molar-refractivity contribution >= 4 is 27.6 Å². The summed E-state index contributed by atoms with van der Waals surface area (Å²) in [5, 5.41) is 5.31. The molecule has 8 aromatic rings. The SMILES string of the molecule is CC(C)(C)c1ccc2c(c1)-c1cc(C(C)(C)C)ccc1C2.CC1=C(C(c2cccc3ccccc23)C2c3ccc(C(C)(C)C)cc3-c3cc(C(C)(C)C)ccc32)C=C(C(C)(C)C)C1.CC1=CC(C(C)(C)C)=C/C1=C\c1cccc2ccccc12. The summed E-state index contributed by atoms with van der Waals surface area (Å²) in [5.74, 6) is 0.487. The van der Waals surface area contributed by atoms with Crippen LogP contribution < -0.4 is 0 Å². The Morgan fingerprint density at radius 1 is 0.393 bits per heavy atom. The van der Waals surface area contributed by atoms with Gasteiger partial charge in [-0.1, -0.05) is 312 Å². The van der Waals surface area contributed by atoms with Crippen LogP contribution in [0.15, 0.2) is 209 Å². The summed E-state index contributed by atoms with van der Waals surface area (Å²) in [4.78, 5) is 0. The van der Waals surface area contributed by atoms with Gasteiger partial charge < -0.3 is 0 Å². The van der Waals surface area contributed by atoms with Crippen molar-refractivity contribution in [1.82, 2.24) is 0 Å². The highest BCUT2D eigenvalue weighted by Crippen LogP contribution is 2.58. The van der Waals surface area contributed by atoms with Crippen LogP contribution in [0.25, 0.3) is 49.9 Å². The predicted molar refractivity (Wildman–Crippen MR) is 368 cm³/mol. The molecule has 0 nitrogen and oxygen atoms in total. The van der Waals surface area contributed by atoms with E-state index < -0.39 is 0 Å². The molecule has 4 aliphatic rings. The molecule has 0 saturated heterocycles. The topological polar surface area (TPSA) is 0 Å². The van der Waals surface area contributed by atoms with Gasteiger partial charge in [0.15, 0.2) is 0 Å². The number of allylic oxidation sites excluding steroid dienone is 9. The van der Waals surface area contributed by atoms with E-state index in [1.807, 2.05) is 0 Å². The summed E-state index contributed by atoms with van der Waals surface area (Å²) in [6.45, 7) is 46.2. The Morgan fingerprint density at radius 3 is 1.30 bits per heavy atom. The number of hydrogen-bond acceptors (Lipinski definition) is 0. The molecule has 0 amide bonds. The maximum absolute atomic E-state index is 2.58. The molecule has 0 heteroatoms. The van der Waals surface area contributed by atoms with Gasteiger partial charge in [0.1, 0.15) is 0 Å². The van der Waals surface area contributed by atoms with Crippen LogP contribution >= 0.6 is 0 Å². The molecule has 0 heterocycles. The monoisotopic (exact) mass is 1100 g/mol. The Kier molecular flexibility index (Phi) is 15.8. The molecule has 0 saturated carbocycles. The van der Waals surface area contributed by atoms with Gasteiger partial charge in [0.05, 0.1) is 0 Å². The number of hydrogen-bond donors (Lipinski definition) is 0. The maximum Gasteiger partial charge on any atom is 0.0211 e. The summed E-state index contributed by atoms with van der Waals surface area (Å²) in [6, 6.07) is 59.8. The van der Waals surface area contributed by atoms with Gasteiger partial charge in [-0.05, 0) is 187 Å². The summed E-state index contributed by atoms with van der Waals surface area (Å²) >= 11 is 0. The highest BCUT2D eigenvalue weighted by Gasteiger charge is 2.41. The van der Waals surface area contributed by atoms with Gasteiger partial charge in [-0.15, -0.1) is 0 Å². The molecule has 0 aromatic heterocycles. The van der Waals surface area contributed by atoms with E-state index in [1.54, 1.807) is 5.57 Å². The van der Waals surface area contributed by atoms with Gasteiger partial charge in [-0.3, -0.25) is 0 Å². The van der Waals surface area contributed by atoms with Crippen LogP contribution in [0.4, 0.5) is 0 Å². The van der Waals surface area contributed by atoms with Gasteiger partial charge in [-0.25, -0.2) is 0 Å². The third-order valence-electron chi connectivity index (χ3n) is 18.6. The van der Waals surface area contributed by atoms with Crippen LogP contribution in [0.3, 0.4) is 0 Å². The van der Waals surface area contributed by atoms with Crippen molar-refractivity contribution in [2.75, 3.05) is 0 Å². The molecule has 0 bridgehead atoms. The Balaban J connectivity index is 0.000000156. The molecular formula is C84H96. The van der Waals surface area contributed by atoms with E-state index in [1.165, 1.54) is 127 Å². The quantitative estimate of drug-likeness (QED) is 0.165. The standard InChI is InChI=1S/C42H48.C21H26.C21H22/c1-26-22-30(42(8,9)10)25-35(26)39(32-17-13-15-27-14-11-12-16-31(27)32)38-33-20-18-28(40(2,3)4)23-36(33)37-24-29(41(5,6)7)19-21-34(37)38;1-20(2,3)16-9-7-14-11-15-8-10-17(21(4,5)6)13-19(15)18(14)12-16;1-15-12-19(21(2,3)4)14-18(15)13-17-10-7-9-16-8-5-6-11-20(16)17/h11-21,23-25,38-39H,22H2,1-10H3;7-10,12-13H,11H2,1-6H3;5-14H,1-4H3/b;;18-13+.